The molecule has 0 aliphatic rings. The maximum atomic E-state index is 12.1. The molecule has 6 rings (SSSR count). The van der Waals surface area contributed by atoms with Crippen LogP contribution in [0, 0.1) is 0 Å². The van der Waals surface area contributed by atoms with E-state index in [1.165, 1.54) is 13.8 Å². The Morgan fingerprint density at radius 1 is 0.417 bits per heavy atom. The van der Waals surface area contributed by atoms with Crippen molar-refractivity contribution in [3.05, 3.63) is 97.1 Å². The first-order chi connectivity index (χ1) is 17.5. The molecule has 0 aliphatic heterocycles. The zero-order chi connectivity index (χ0) is 24.8. The molecule has 0 heterocycles. The van der Waals surface area contributed by atoms with Gasteiger partial charge < -0.3 is 9.47 Å². The average Bonchev–Trinajstić information content (AvgIpc) is 2.89. The third-order valence-electron chi connectivity index (χ3n) is 6.51. The summed E-state index contributed by atoms with van der Waals surface area (Å²) >= 11 is 0. The van der Waals surface area contributed by atoms with Crippen LogP contribution in [0.25, 0.3) is 54.2 Å². The van der Waals surface area contributed by atoms with Crippen LogP contribution in [0.15, 0.2) is 97.1 Å². The van der Waals surface area contributed by atoms with Crippen LogP contribution >= 0.6 is 0 Å². The molecule has 6 aromatic rings. The zero-order valence-electron chi connectivity index (χ0n) is 19.9. The van der Waals surface area contributed by atoms with E-state index in [1.54, 1.807) is 0 Å². The molecule has 0 unspecified atom stereocenters. The highest BCUT2D eigenvalue weighted by Crippen LogP contribution is 2.49. The van der Waals surface area contributed by atoms with Crippen LogP contribution < -0.4 is 9.47 Å². The van der Waals surface area contributed by atoms with Gasteiger partial charge in [0.25, 0.3) is 0 Å². The van der Waals surface area contributed by atoms with Crippen molar-refractivity contribution in [1.29, 1.82) is 0 Å². The Morgan fingerprint density at radius 3 is 0.861 bits per heavy atom. The van der Waals surface area contributed by atoms with Crippen molar-refractivity contribution in [3.8, 4) is 22.6 Å². The largest absolute Gasteiger partial charge is 0.425 e. The molecule has 0 fully saturated rings. The van der Waals surface area contributed by atoms with Gasteiger partial charge in [-0.05, 0) is 32.7 Å². The molecule has 0 bridgehead atoms. The molecule has 0 atom stereocenters. The number of esters is 2. The standard InChI is InChI=1S/C32H22O4/c1-19(33)35-31-25-15-7-3-11-21(25)29(22-12-4-8-16-26(22)31)30-23-13-5-9-17-27(23)32(36-20(2)34)28-18-10-6-14-24(28)30/h3-18H,1-2H3. The van der Waals surface area contributed by atoms with Crippen LogP contribution in [0.4, 0.5) is 0 Å². The molecule has 0 aliphatic carbocycles. The van der Waals surface area contributed by atoms with E-state index in [0.29, 0.717) is 11.5 Å². The molecule has 36 heavy (non-hydrogen) atoms. The SMILES string of the molecule is CC(=O)Oc1c2ccccc2c(-c2c3ccccc3c(OC(C)=O)c3ccccc23)c2ccccc12. The number of ether oxygens (including phenoxy) is 2. The molecular formula is C32H22O4. The smallest absolute Gasteiger partial charge is 0.308 e. The third-order valence-corrected chi connectivity index (χ3v) is 6.51. The first-order valence-corrected chi connectivity index (χ1v) is 11.8. The molecule has 174 valence electrons. The lowest BCUT2D eigenvalue weighted by Crippen LogP contribution is -2.04. The van der Waals surface area contributed by atoms with Crippen LogP contribution in [-0.4, -0.2) is 11.9 Å². The molecule has 0 radical (unpaired) electrons. The number of fused-ring (bicyclic) bond motifs is 4. The quantitative estimate of drug-likeness (QED) is 0.150. The topological polar surface area (TPSA) is 52.6 Å². The molecule has 0 saturated heterocycles. The highest BCUT2D eigenvalue weighted by molar-refractivity contribution is 6.26. The van der Waals surface area contributed by atoms with Crippen LogP contribution in [0.2, 0.25) is 0 Å². The van der Waals surface area contributed by atoms with Gasteiger partial charge in [0, 0.05) is 35.4 Å². The fraction of sp³-hybridized carbons (Fsp3) is 0.0625. The van der Waals surface area contributed by atoms with Crippen molar-refractivity contribution in [2.24, 2.45) is 0 Å². The molecule has 6 aromatic carbocycles. The van der Waals surface area contributed by atoms with Gasteiger partial charge in [-0.15, -0.1) is 0 Å². The van der Waals surface area contributed by atoms with Crippen LogP contribution in [-0.2, 0) is 9.59 Å². The van der Waals surface area contributed by atoms with Crippen LogP contribution in [0.1, 0.15) is 13.8 Å². The van der Waals surface area contributed by atoms with Gasteiger partial charge in [-0.2, -0.15) is 0 Å². The normalized spacial score (nSPS) is 11.3. The Hall–Kier alpha value is -4.70. The van der Waals surface area contributed by atoms with Crippen LogP contribution in [0.5, 0.6) is 11.5 Å². The molecule has 0 N–H and O–H groups in total. The summed E-state index contributed by atoms with van der Waals surface area (Å²) in [6, 6.07) is 32.0. The Balaban J connectivity index is 1.88. The van der Waals surface area contributed by atoms with Gasteiger partial charge in [0.05, 0.1) is 0 Å². The van der Waals surface area contributed by atoms with E-state index in [0.717, 1.165) is 54.2 Å². The lowest BCUT2D eigenvalue weighted by molar-refractivity contribution is -0.132. The minimum atomic E-state index is -0.361. The average molecular weight is 471 g/mol. The molecule has 4 heteroatoms. The summed E-state index contributed by atoms with van der Waals surface area (Å²) in [5, 5.41) is 7.34. The summed E-state index contributed by atoms with van der Waals surface area (Å²) in [6.07, 6.45) is 0. The van der Waals surface area contributed by atoms with Gasteiger partial charge in [0.1, 0.15) is 11.5 Å². The first-order valence-electron chi connectivity index (χ1n) is 11.8. The second-order valence-electron chi connectivity index (χ2n) is 8.78. The summed E-state index contributed by atoms with van der Waals surface area (Å²) in [5.74, 6) is 0.393. The Kier molecular flexibility index (Phi) is 5.15. The van der Waals surface area contributed by atoms with E-state index in [4.69, 9.17) is 9.47 Å². The van der Waals surface area contributed by atoms with Crippen molar-refractivity contribution in [2.75, 3.05) is 0 Å². The number of hydrogen-bond donors (Lipinski definition) is 0. The molecular weight excluding hydrogens is 448 g/mol. The van der Waals surface area contributed by atoms with Gasteiger partial charge in [-0.1, -0.05) is 97.1 Å². The highest BCUT2D eigenvalue weighted by Gasteiger charge is 2.22. The molecule has 0 spiro atoms. The fourth-order valence-electron chi connectivity index (χ4n) is 5.22. The Bertz CT molecular complexity index is 1600. The van der Waals surface area contributed by atoms with E-state index < -0.39 is 0 Å². The van der Waals surface area contributed by atoms with E-state index in [1.807, 2.05) is 72.8 Å². The lowest BCUT2D eigenvalue weighted by atomic mass is 9.85. The second kappa shape index (κ2) is 8.51. The predicted molar refractivity (Wildman–Crippen MR) is 145 cm³/mol. The number of benzene rings is 6. The third kappa shape index (κ3) is 3.38. The monoisotopic (exact) mass is 470 g/mol. The second-order valence-corrected chi connectivity index (χ2v) is 8.78. The van der Waals surface area contributed by atoms with Gasteiger partial charge >= 0.3 is 11.9 Å². The zero-order valence-corrected chi connectivity index (χ0v) is 19.9. The molecule has 0 amide bonds. The maximum absolute atomic E-state index is 12.1. The number of carbonyl (C=O) groups excluding carboxylic acids is 2. The summed E-state index contributed by atoms with van der Waals surface area (Å²) in [6.45, 7) is 2.85. The minimum absolute atomic E-state index is 0.361. The predicted octanol–water partition coefficient (Wildman–Crippen LogP) is 7.82. The van der Waals surface area contributed by atoms with E-state index >= 15 is 0 Å². The van der Waals surface area contributed by atoms with Crippen molar-refractivity contribution >= 4 is 55.0 Å². The van der Waals surface area contributed by atoms with Crippen LogP contribution in [0.3, 0.4) is 0 Å². The Morgan fingerprint density at radius 2 is 0.639 bits per heavy atom. The van der Waals surface area contributed by atoms with Gasteiger partial charge in [0.15, 0.2) is 0 Å². The van der Waals surface area contributed by atoms with Gasteiger partial charge in [-0.25, -0.2) is 0 Å². The van der Waals surface area contributed by atoms with E-state index in [-0.39, 0.29) is 11.9 Å². The fourth-order valence-corrected chi connectivity index (χ4v) is 5.22. The van der Waals surface area contributed by atoms with Crippen molar-refractivity contribution in [2.45, 2.75) is 13.8 Å². The van der Waals surface area contributed by atoms with Crippen molar-refractivity contribution in [3.63, 3.8) is 0 Å². The van der Waals surface area contributed by atoms with Gasteiger partial charge in [0.2, 0.25) is 0 Å². The summed E-state index contributed by atoms with van der Waals surface area (Å²) in [4.78, 5) is 24.1. The van der Waals surface area contributed by atoms with Gasteiger partial charge in [-0.3, -0.25) is 9.59 Å². The van der Waals surface area contributed by atoms with Crippen molar-refractivity contribution < 1.29 is 19.1 Å². The van der Waals surface area contributed by atoms with E-state index in [9.17, 15) is 9.59 Å². The molecule has 0 aromatic heterocycles. The molecule has 4 nitrogen and oxygen atoms in total. The van der Waals surface area contributed by atoms with E-state index in [2.05, 4.69) is 24.3 Å². The Labute approximate surface area is 207 Å². The number of hydrogen-bond acceptors (Lipinski definition) is 4. The number of carbonyl (C=O) groups is 2. The summed E-state index contributed by atoms with van der Waals surface area (Å²) < 4.78 is 11.5. The molecule has 0 saturated carbocycles. The summed E-state index contributed by atoms with van der Waals surface area (Å²) in [7, 11) is 0. The minimum Gasteiger partial charge on any atom is -0.425 e. The van der Waals surface area contributed by atoms with Crippen molar-refractivity contribution in [1.82, 2.24) is 0 Å². The maximum Gasteiger partial charge on any atom is 0.308 e. The first kappa shape index (κ1) is 21.8. The highest BCUT2D eigenvalue weighted by atomic mass is 16.5. The summed E-state index contributed by atoms with van der Waals surface area (Å²) in [5.41, 5.74) is 2.08. The number of rotatable bonds is 3. The lowest BCUT2D eigenvalue weighted by Gasteiger charge is -2.21.